The molecular weight excluding hydrogens is 276 g/mol. The molecule has 3 nitrogen and oxygen atoms in total. The van der Waals surface area contributed by atoms with Crippen LogP contribution in [0, 0.1) is 11.8 Å². The van der Waals surface area contributed by atoms with Crippen LogP contribution in [0.2, 0.25) is 0 Å². The van der Waals surface area contributed by atoms with E-state index in [9.17, 15) is 4.79 Å². The number of hydrogen-bond acceptors (Lipinski definition) is 4. The molecule has 3 aliphatic rings. The second-order valence-electron chi connectivity index (χ2n) is 4.86. The number of likely N-dealkylation sites (tertiary alicyclic amines) is 1. The van der Waals surface area contributed by atoms with Crippen LogP contribution in [0.1, 0.15) is 0 Å². The highest BCUT2D eigenvalue weighted by atomic mass is 35.5. The minimum atomic E-state index is 0. The monoisotopic (exact) mass is 294 g/mol. The Bertz CT molecular complexity index is 275. The van der Waals surface area contributed by atoms with Gasteiger partial charge >= 0.3 is 0 Å². The maximum absolute atomic E-state index is 12.3. The van der Waals surface area contributed by atoms with E-state index in [2.05, 4.69) is 10.2 Å². The topological polar surface area (TPSA) is 32.3 Å². The van der Waals surface area contributed by atoms with Gasteiger partial charge in [0, 0.05) is 43.4 Å². The molecule has 98 valence electrons. The maximum atomic E-state index is 12.3. The van der Waals surface area contributed by atoms with E-state index in [-0.39, 0.29) is 17.7 Å². The number of hydrogen-bond donors (Lipinski definition) is 1. The summed E-state index contributed by atoms with van der Waals surface area (Å²) < 4.78 is 0. The van der Waals surface area contributed by atoms with Gasteiger partial charge in [-0.25, -0.2) is 0 Å². The molecule has 17 heavy (non-hydrogen) atoms. The number of nitrogens with zero attached hydrogens (tertiary/aromatic N) is 1. The third-order valence-corrected chi connectivity index (χ3v) is 6.53. The van der Waals surface area contributed by atoms with Crippen LogP contribution in [0.5, 0.6) is 0 Å². The zero-order chi connectivity index (χ0) is 11.0. The number of rotatable bonds is 1. The lowest BCUT2D eigenvalue weighted by Gasteiger charge is -2.26. The third kappa shape index (κ3) is 2.88. The molecule has 3 aliphatic heterocycles. The molecule has 3 atom stereocenters. The van der Waals surface area contributed by atoms with E-state index >= 15 is 0 Å². The second kappa shape index (κ2) is 6.04. The van der Waals surface area contributed by atoms with Crippen molar-refractivity contribution in [1.29, 1.82) is 0 Å². The molecule has 1 amide bonds. The van der Waals surface area contributed by atoms with Crippen LogP contribution in [0.15, 0.2) is 0 Å². The van der Waals surface area contributed by atoms with E-state index in [1.807, 2.05) is 23.5 Å². The molecule has 3 rings (SSSR count). The van der Waals surface area contributed by atoms with Crippen LogP contribution >= 0.6 is 35.9 Å². The van der Waals surface area contributed by atoms with Crippen LogP contribution in [-0.4, -0.2) is 59.5 Å². The Morgan fingerprint density at radius 1 is 1.18 bits per heavy atom. The van der Waals surface area contributed by atoms with Crippen LogP contribution in [0.25, 0.3) is 0 Å². The molecule has 0 spiro atoms. The number of thioether (sulfide) groups is 2. The Labute approximate surface area is 117 Å². The first-order chi connectivity index (χ1) is 7.84. The summed E-state index contributed by atoms with van der Waals surface area (Å²) >= 11 is 3.79. The molecule has 0 radical (unpaired) electrons. The zero-order valence-corrected chi connectivity index (χ0v) is 12.2. The van der Waals surface area contributed by atoms with Crippen molar-refractivity contribution in [2.75, 3.05) is 43.4 Å². The average molecular weight is 295 g/mol. The van der Waals surface area contributed by atoms with E-state index in [4.69, 9.17) is 0 Å². The van der Waals surface area contributed by atoms with Crippen molar-refractivity contribution in [1.82, 2.24) is 10.2 Å². The summed E-state index contributed by atoms with van der Waals surface area (Å²) in [6.07, 6.45) is 0. The van der Waals surface area contributed by atoms with Crippen molar-refractivity contribution in [2.45, 2.75) is 5.25 Å². The summed E-state index contributed by atoms with van der Waals surface area (Å²) in [6.45, 7) is 4.22. The second-order valence-corrected chi connectivity index (χ2v) is 7.32. The number of nitrogens with one attached hydrogen (secondary N) is 1. The Kier molecular flexibility index (Phi) is 4.92. The summed E-state index contributed by atoms with van der Waals surface area (Å²) in [4.78, 5) is 14.4. The van der Waals surface area contributed by atoms with Crippen LogP contribution in [0.4, 0.5) is 0 Å². The zero-order valence-electron chi connectivity index (χ0n) is 9.76. The van der Waals surface area contributed by atoms with E-state index in [0.717, 1.165) is 49.5 Å². The lowest BCUT2D eigenvalue weighted by molar-refractivity contribution is -0.129. The third-order valence-electron chi connectivity index (χ3n) is 3.79. The number of carbonyl (C=O) groups excluding carboxylic acids is 1. The molecule has 1 unspecified atom stereocenters. The van der Waals surface area contributed by atoms with Gasteiger partial charge in [0.15, 0.2) is 0 Å². The molecule has 0 aromatic rings. The molecule has 3 heterocycles. The summed E-state index contributed by atoms with van der Waals surface area (Å²) in [5.41, 5.74) is 0. The molecule has 0 aromatic carbocycles. The maximum Gasteiger partial charge on any atom is 0.236 e. The van der Waals surface area contributed by atoms with Crippen LogP contribution in [-0.2, 0) is 4.79 Å². The van der Waals surface area contributed by atoms with Crippen LogP contribution in [0.3, 0.4) is 0 Å². The van der Waals surface area contributed by atoms with Gasteiger partial charge in [0.25, 0.3) is 0 Å². The summed E-state index contributed by atoms with van der Waals surface area (Å²) in [5, 5.41) is 3.66. The predicted octanol–water partition coefficient (Wildman–Crippen LogP) is 0.935. The first kappa shape index (κ1) is 13.8. The van der Waals surface area contributed by atoms with E-state index in [1.54, 1.807) is 0 Å². The van der Waals surface area contributed by atoms with Crippen molar-refractivity contribution in [2.24, 2.45) is 11.8 Å². The molecule has 0 bridgehead atoms. The standard InChI is InChI=1S/C11H18N2OS2.ClH/c14-11(10-7-15-1-2-16-10)13-5-8-3-12-4-9(8)6-13;/h8-10,12H,1-7H2;1H/t8-,9+,10?;. The molecule has 0 aromatic heterocycles. The SMILES string of the molecule is Cl.O=C(C1CSCCS1)N1C[C@H]2CNC[C@H]2C1. The van der Waals surface area contributed by atoms with Gasteiger partial charge in [-0.05, 0) is 11.8 Å². The number of amides is 1. The van der Waals surface area contributed by atoms with Crippen molar-refractivity contribution >= 4 is 41.8 Å². The Balaban J connectivity index is 0.00000108. The lowest BCUT2D eigenvalue weighted by Crippen LogP contribution is -2.40. The fraction of sp³-hybridized carbons (Fsp3) is 0.909. The van der Waals surface area contributed by atoms with Gasteiger partial charge in [-0.15, -0.1) is 24.2 Å². The quantitative estimate of drug-likeness (QED) is 0.780. The van der Waals surface area contributed by atoms with Crippen LogP contribution < -0.4 is 5.32 Å². The molecule has 6 heteroatoms. The number of carbonyl (C=O) groups is 1. The van der Waals surface area contributed by atoms with Gasteiger partial charge < -0.3 is 10.2 Å². The van der Waals surface area contributed by atoms with Gasteiger partial charge in [-0.3, -0.25) is 4.79 Å². The van der Waals surface area contributed by atoms with Crippen molar-refractivity contribution < 1.29 is 4.79 Å². The highest BCUT2D eigenvalue weighted by Crippen LogP contribution is 2.30. The fourth-order valence-electron chi connectivity index (χ4n) is 2.87. The van der Waals surface area contributed by atoms with E-state index < -0.39 is 0 Å². The summed E-state index contributed by atoms with van der Waals surface area (Å²) in [6, 6.07) is 0. The molecule has 0 saturated carbocycles. The summed E-state index contributed by atoms with van der Waals surface area (Å²) in [5.74, 6) is 5.24. The van der Waals surface area contributed by atoms with E-state index in [0.29, 0.717) is 5.91 Å². The van der Waals surface area contributed by atoms with Gasteiger partial charge in [0.1, 0.15) is 0 Å². The van der Waals surface area contributed by atoms with Gasteiger partial charge in [0.2, 0.25) is 5.91 Å². The van der Waals surface area contributed by atoms with Crippen molar-refractivity contribution in [3.8, 4) is 0 Å². The number of halogens is 1. The largest absolute Gasteiger partial charge is 0.341 e. The van der Waals surface area contributed by atoms with E-state index in [1.165, 1.54) is 5.75 Å². The average Bonchev–Trinajstić information content (AvgIpc) is 2.89. The predicted molar refractivity (Wildman–Crippen MR) is 77.2 cm³/mol. The molecule has 1 N–H and O–H groups in total. The highest BCUT2D eigenvalue weighted by Gasteiger charge is 2.40. The van der Waals surface area contributed by atoms with Crippen molar-refractivity contribution in [3.63, 3.8) is 0 Å². The van der Waals surface area contributed by atoms with Gasteiger partial charge in [-0.1, -0.05) is 0 Å². The Morgan fingerprint density at radius 3 is 2.47 bits per heavy atom. The Hall–Kier alpha value is 0.420. The molecular formula is C11H19ClN2OS2. The van der Waals surface area contributed by atoms with Crippen molar-refractivity contribution in [3.05, 3.63) is 0 Å². The first-order valence-electron chi connectivity index (χ1n) is 6.03. The molecule has 0 aliphatic carbocycles. The minimum Gasteiger partial charge on any atom is -0.341 e. The van der Waals surface area contributed by atoms with Gasteiger partial charge in [0.05, 0.1) is 5.25 Å². The first-order valence-corrected chi connectivity index (χ1v) is 8.24. The van der Waals surface area contributed by atoms with Gasteiger partial charge in [-0.2, -0.15) is 11.8 Å². The lowest BCUT2D eigenvalue weighted by atomic mass is 10.0. The highest BCUT2D eigenvalue weighted by molar-refractivity contribution is 8.07. The smallest absolute Gasteiger partial charge is 0.236 e. The molecule has 3 fully saturated rings. The minimum absolute atomic E-state index is 0. The number of fused-ring (bicyclic) bond motifs is 1. The fourth-order valence-corrected chi connectivity index (χ4v) is 5.50. The Morgan fingerprint density at radius 2 is 1.88 bits per heavy atom. The summed E-state index contributed by atoms with van der Waals surface area (Å²) in [7, 11) is 0. The normalized spacial score (nSPS) is 36.5. The molecule has 3 saturated heterocycles.